The Morgan fingerprint density at radius 1 is 1.50 bits per heavy atom. The summed E-state index contributed by atoms with van der Waals surface area (Å²) >= 11 is 0. The van der Waals surface area contributed by atoms with Crippen LogP contribution in [-0.2, 0) is 4.79 Å². The van der Waals surface area contributed by atoms with E-state index in [4.69, 9.17) is 9.84 Å². The second kappa shape index (κ2) is 6.72. The lowest BCUT2D eigenvalue weighted by atomic mass is 10.1. The molecule has 0 bridgehead atoms. The van der Waals surface area contributed by atoms with E-state index in [1.54, 1.807) is 7.11 Å². The lowest BCUT2D eigenvalue weighted by molar-refractivity contribution is -0.120. The highest BCUT2D eigenvalue weighted by atomic mass is 16.5. The van der Waals surface area contributed by atoms with E-state index in [-0.39, 0.29) is 18.6 Å². The maximum Gasteiger partial charge on any atom is 0.241 e. The zero-order valence-corrected chi connectivity index (χ0v) is 12.0. The molecule has 20 heavy (non-hydrogen) atoms. The molecule has 1 aliphatic rings. The zero-order valence-electron chi connectivity index (χ0n) is 12.0. The molecule has 2 atom stereocenters. The molecule has 0 aliphatic carbocycles. The van der Waals surface area contributed by atoms with Crippen molar-refractivity contribution in [2.24, 2.45) is 5.92 Å². The number of carbonyl (C=O) groups is 1. The Kier molecular flexibility index (Phi) is 4.98. The number of benzene rings is 1. The van der Waals surface area contributed by atoms with Crippen molar-refractivity contribution < 1.29 is 14.6 Å². The second-order valence-electron chi connectivity index (χ2n) is 5.23. The van der Waals surface area contributed by atoms with Crippen molar-refractivity contribution in [2.45, 2.75) is 19.4 Å². The number of carbonyl (C=O) groups excluding carboxylic acids is 1. The number of aliphatic hydroxyl groups excluding tert-OH is 1. The molecule has 1 saturated heterocycles. The number of ether oxygens (including phenoxy) is 1. The van der Waals surface area contributed by atoms with Crippen LogP contribution >= 0.6 is 0 Å². The molecule has 2 N–H and O–H groups in total. The van der Waals surface area contributed by atoms with Crippen molar-refractivity contribution in [1.82, 2.24) is 4.90 Å². The van der Waals surface area contributed by atoms with Gasteiger partial charge in [-0.2, -0.15) is 0 Å². The summed E-state index contributed by atoms with van der Waals surface area (Å²) in [6.07, 6.45) is 0.955. The molecule has 1 aliphatic heterocycles. The van der Waals surface area contributed by atoms with Gasteiger partial charge in [0, 0.05) is 18.8 Å². The summed E-state index contributed by atoms with van der Waals surface area (Å²) < 4.78 is 5.08. The maximum absolute atomic E-state index is 12.2. The SMILES string of the molecule is COc1ccc(NC(=O)C(C)N2CCC(CO)C2)cc1. The van der Waals surface area contributed by atoms with Gasteiger partial charge in [-0.25, -0.2) is 0 Å². The third-order valence-corrected chi connectivity index (χ3v) is 3.86. The van der Waals surface area contributed by atoms with Crippen LogP contribution in [0, 0.1) is 5.92 Å². The highest BCUT2D eigenvalue weighted by molar-refractivity contribution is 5.94. The predicted octanol–water partition coefficient (Wildman–Crippen LogP) is 1.34. The van der Waals surface area contributed by atoms with Gasteiger partial charge in [-0.05, 0) is 50.1 Å². The van der Waals surface area contributed by atoms with E-state index in [1.807, 2.05) is 31.2 Å². The predicted molar refractivity (Wildman–Crippen MR) is 77.9 cm³/mol. The van der Waals surface area contributed by atoms with E-state index < -0.39 is 0 Å². The average Bonchev–Trinajstić information content (AvgIpc) is 2.96. The fraction of sp³-hybridized carbons (Fsp3) is 0.533. The Morgan fingerprint density at radius 3 is 2.75 bits per heavy atom. The third kappa shape index (κ3) is 3.49. The van der Waals surface area contributed by atoms with Gasteiger partial charge in [0.25, 0.3) is 0 Å². The molecule has 1 aromatic rings. The lowest BCUT2D eigenvalue weighted by Crippen LogP contribution is -2.40. The first-order chi connectivity index (χ1) is 9.63. The number of likely N-dealkylation sites (tertiary alicyclic amines) is 1. The van der Waals surface area contributed by atoms with Crippen molar-refractivity contribution >= 4 is 11.6 Å². The number of methoxy groups -OCH3 is 1. The molecule has 5 nitrogen and oxygen atoms in total. The monoisotopic (exact) mass is 278 g/mol. The van der Waals surface area contributed by atoms with Crippen LogP contribution in [0.1, 0.15) is 13.3 Å². The Balaban J connectivity index is 1.90. The summed E-state index contributed by atoms with van der Waals surface area (Å²) in [5, 5.41) is 12.1. The fourth-order valence-electron chi connectivity index (χ4n) is 2.45. The third-order valence-electron chi connectivity index (χ3n) is 3.86. The molecule has 0 radical (unpaired) electrons. The topological polar surface area (TPSA) is 61.8 Å². The molecule has 1 aromatic carbocycles. The quantitative estimate of drug-likeness (QED) is 0.853. The first-order valence-corrected chi connectivity index (χ1v) is 6.94. The average molecular weight is 278 g/mol. The summed E-state index contributed by atoms with van der Waals surface area (Å²) in [4.78, 5) is 14.3. The van der Waals surface area contributed by atoms with E-state index in [2.05, 4.69) is 10.2 Å². The number of nitrogens with zero attached hydrogens (tertiary/aromatic N) is 1. The molecule has 2 rings (SSSR count). The molecule has 2 unspecified atom stereocenters. The van der Waals surface area contributed by atoms with Crippen LogP contribution < -0.4 is 10.1 Å². The van der Waals surface area contributed by atoms with Gasteiger partial charge in [0.2, 0.25) is 5.91 Å². The molecule has 0 aromatic heterocycles. The highest BCUT2D eigenvalue weighted by Gasteiger charge is 2.29. The van der Waals surface area contributed by atoms with Crippen molar-refractivity contribution in [2.75, 3.05) is 32.1 Å². The summed E-state index contributed by atoms with van der Waals surface area (Å²) in [6, 6.07) is 7.10. The minimum atomic E-state index is -0.186. The van der Waals surface area contributed by atoms with E-state index >= 15 is 0 Å². The Bertz CT molecular complexity index is 447. The van der Waals surface area contributed by atoms with Gasteiger partial charge in [-0.15, -0.1) is 0 Å². The molecule has 5 heteroatoms. The van der Waals surface area contributed by atoms with E-state index in [9.17, 15) is 4.79 Å². The first kappa shape index (κ1) is 14.8. The van der Waals surface area contributed by atoms with E-state index in [0.29, 0.717) is 5.92 Å². The smallest absolute Gasteiger partial charge is 0.241 e. The maximum atomic E-state index is 12.2. The normalized spacial score (nSPS) is 20.6. The van der Waals surface area contributed by atoms with Gasteiger partial charge in [-0.3, -0.25) is 9.69 Å². The number of nitrogens with one attached hydrogen (secondary N) is 1. The number of amides is 1. The van der Waals surface area contributed by atoms with E-state index in [0.717, 1.165) is 30.9 Å². The fourth-order valence-corrected chi connectivity index (χ4v) is 2.45. The number of hydrogen-bond donors (Lipinski definition) is 2. The lowest BCUT2D eigenvalue weighted by Gasteiger charge is -2.23. The standard InChI is InChI=1S/C15H22N2O3/c1-11(17-8-7-12(9-17)10-18)15(19)16-13-3-5-14(20-2)6-4-13/h3-6,11-12,18H,7-10H2,1-2H3,(H,16,19). The van der Waals surface area contributed by atoms with Gasteiger partial charge < -0.3 is 15.2 Å². The minimum Gasteiger partial charge on any atom is -0.497 e. The minimum absolute atomic E-state index is 0.0197. The van der Waals surface area contributed by atoms with Gasteiger partial charge >= 0.3 is 0 Å². The Hall–Kier alpha value is -1.59. The Labute approximate surface area is 119 Å². The molecule has 1 amide bonds. The molecule has 0 saturated carbocycles. The van der Waals surface area contributed by atoms with Crippen molar-refractivity contribution in [3.8, 4) is 5.75 Å². The van der Waals surface area contributed by atoms with Crippen LogP contribution in [-0.4, -0.2) is 48.8 Å². The van der Waals surface area contributed by atoms with Crippen LogP contribution in [0.4, 0.5) is 5.69 Å². The number of anilines is 1. The molecule has 1 heterocycles. The van der Waals surface area contributed by atoms with E-state index in [1.165, 1.54) is 0 Å². The molecule has 110 valence electrons. The Morgan fingerprint density at radius 2 is 2.20 bits per heavy atom. The number of aliphatic hydroxyl groups is 1. The summed E-state index contributed by atoms with van der Waals surface area (Å²) in [5.41, 5.74) is 0.764. The highest BCUT2D eigenvalue weighted by Crippen LogP contribution is 2.20. The first-order valence-electron chi connectivity index (χ1n) is 6.94. The number of rotatable bonds is 5. The number of hydrogen-bond acceptors (Lipinski definition) is 4. The van der Waals surface area contributed by atoms with Crippen molar-refractivity contribution in [3.63, 3.8) is 0 Å². The zero-order chi connectivity index (χ0) is 14.5. The van der Waals surface area contributed by atoms with Crippen LogP contribution in [0.3, 0.4) is 0 Å². The molecule has 0 spiro atoms. The summed E-state index contributed by atoms with van der Waals surface area (Å²) in [7, 11) is 1.61. The molecular formula is C15H22N2O3. The van der Waals surface area contributed by atoms with Crippen molar-refractivity contribution in [3.05, 3.63) is 24.3 Å². The van der Waals surface area contributed by atoms with Crippen LogP contribution in [0.15, 0.2) is 24.3 Å². The molecular weight excluding hydrogens is 256 g/mol. The second-order valence-corrected chi connectivity index (χ2v) is 5.23. The van der Waals surface area contributed by atoms with Gasteiger partial charge in [-0.1, -0.05) is 0 Å². The van der Waals surface area contributed by atoms with Gasteiger partial charge in [0.15, 0.2) is 0 Å². The van der Waals surface area contributed by atoms with Gasteiger partial charge in [0.05, 0.1) is 13.2 Å². The largest absolute Gasteiger partial charge is 0.497 e. The van der Waals surface area contributed by atoms with Crippen LogP contribution in [0.2, 0.25) is 0 Å². The summed E-state index contributed by atoms with van der Waals surface area (Å²) in [5.74, 6) is 1.04. The summed E-state index contributed by atoms with van der Waals surface area (Å²) in [6.45, 7) is 3.75. The van der Waals surface area contributed by atoms with Crippen molar-refractivity contribution in [1.29, 1.82) is 0 Å². The van der Waals surface area contributed by atoms with Gasteiger partial charge in [0.1, 0.15) is 5.75 Å². The molecule has 1 fully saturated rings. The van der Waals surface area contributed by atoms with Crippen LogP contribution in [0.5, 0.6) is 5.75 Å². The van der Waals surface area contributed by atoms with Crippen LogP contribution in [0.25, 0.3) is 0 Å².